The molecule has 33 heavy (non-hydrogen) atoms. The Labute approximate surface area is 195 Å². The molecule has 3 aliphatic heterocycles. The van der Waals surface area contributed by atoms with Crippen molar-refractivity contribution in [3.63, 3.8) is 0 Å². The number of carbonyl (C=O) groups excluding carboxylic acids is 3. The predicted octanol–water partition coefficient (Wildman–Crippen LogP) is 2.51. The van der Waals surface area contributed by atoms with Crippen LogP contribution < -0.4 is 10.6 Å². The van der Waals surface area contributed by atoms with Gasteiger partial charge in [0.2, 0.25) is 17.7 Å². The zero-order valence-corrected chi connectivity index (χ0v) is 18.9. The highest BCUT2D eigenvalue weighted by atomic mass is 35.5. The maximum Gasteiger partial charge on any atom is 0.250 e. The van der Waals surface area contributed by atoms with Gasteiger partial charge in [-0.3, -0.25) is 24.6 Å². The number of anilines is 1. The van der Waals surface area contributed by atoms with Crippen LogP contribution in [0.4, 0.5) is 5.69 Å². The number of phenols is 2. The smallest absolute Gasteiger partial charge is 0.250 e. The van der Waals surface area contributed by atoms with E-state index >= 15 is 0 Å². The third kappa shape index (κ3) is 2.90. The van der Waals surface area contributed by atoms with Gasteiger partial charge in [0.25, 0.3) is 0 Å². The number of likely N-dealkylation sites (tertiary alicyclic amines) is 1. The van der Waals surface area contributed by atoms with Gasteiger partial charge in [-0.25, -0.2) is 0 Å². The number of imide groups is 1. The standard InChI is InChI=1S/C24H24ClN3O5/c1-3-11(2)28-21(31)18-15(9-12-7-8-16(29)17(30)10-12)27-24(19(18)22(28)32)13-5-4-6-14(25)20(13)26-23(24)33/h4-8,10-11,15,18-19,27,29-30H,3,9H2,1-2H3,(H,26,33)/t11-,15-,18-,19+,24+/m1/s1. The van der Waals surface area contributed by atoms with Crippen LogP contribution >= 0.6 is 11.6 Å². The van der Waals surface area contributed by atoms with Crippen molar-refractivity contribution >= 4 is 35.0 Å². The maximum atomic E-state index is 13.7. The van der Waals surface area contributed by atoms with Gasteiger partial charge in [0.1, 0.15) is 5.54 Å². The molecule has 3 heterocycles. The third-order valence-electron chi connectivity index (χ3n) is 7.26. The van der Waals surface area contributed by atoms with Crippen LogP contribution in [-0.2, 0) is 26.3 Å². The predicted molar refractivity (Wildman–Crippen MR) is 121 cm³/mol. The first-order chi connectivity index (χ1) is 15.7. The van der Waals surface area contributed by atoms with E-state index in [1.807, 2.05) is 13.8 Å². The topological polar surface area (TPSA) is 119 Å². The van der Waals surface area contributed by atoms with Gasteiger partial charge in [-0.15, -0.1) is 0 Å². The molecule has 3 aliphatic rings. The number of aromatic hydroxyl groups is 2. The first kappa shape index (κ1) is 21.7. The number of nitrogens with zero attached hydrogens (tertiary/aromatic N) is 1. The minimum absolute atomic E-state index is 0.249. The number of rotatable bonds is 4. The lowest BCUT2D eigenvalue weighted by Gasteiger charge is -2.31. The Morgan fingerprint density at radius 1 is 1.12 bits per heavy atom. The van der Waals surface area contributed by atoms with Gasteiger partial charge in [0, 0.05) is 17.6 Å². The number of halogens is 1. The molecule has 5 rings (SSSR count). The fraction of sp³-hybridized carbons (Fsp3) is 0.375. The number of hydrogen-bond acceptors (Lipinski definition) is 6. The van der Waals surface area contributed by atoms with Crippen molar-refractivity contribution in [2.24, 2.45) is 11.8 Å². The minimum atomic E-state index is -1.43. The molecular formula is C24H24ClN3O5. The molecule has 2 fully saturated rings. The largest absolute Gasteiger partial charge is 0.504 e. The summed E-state index contributed by atoms with van der Waals surface area (Å²) in [7, 11) is 0. The van der Waals surface area contributed by atoms with E-state index in [1.54, 1.807) is 24.3 Å². The van der Waals surface area contributed by atoms with Crippen molar-refractivity contribution in [2.75, 3.05) is 5.32 Å². The van der Waals surface area contributed by atoms with Crippen LogP contribution in [0.3, 0.4) is 0 Å². The second kappa shape index (κ2) is 7.46. The Morgan fingerprint density at radius 2 is 1.88 bits per heavy atom. The molecule has 0 bridgehead atoms. The van der Waals surface area contributed by atoms with Crippen LogP contribution in [0.5, 0.6) is 11.5 Å². The van der Waals surface area contributed by atoms with E-state index in [0.29, 0.717) is 28.3 Å². The van der Waals surface area contributed by atoms with E-state index in [1.165, 1.54) is 17.0 Å². The monoisotopic (exact) mass is 469 g/mol. The van der Waals surface area contributed by atoms with Gasteiger partial charge in [-0.1, -0.05) is 36.7 Å². The van der Waals surface area contributed by atoms with E-state index in [-0.39, 0.29) is 35.8 Å². The highest BCUT2D eigenvalue weighted by Crippen LogP contribution is 2.54. The molecule has 4 N–H and O–H groups in total. The molecule has 172 valence electrons. The summed E-state index contributed by atoms with van der Waals surface area (Å²) in [5.74, 6) is -3.30. The molecule has 2 aromatic rings. The number of para-hydroxylation sites is 1. The summed E-state index contributed by atoms with van der Waals surface area (Å²) in [6, 6.07) is 8.72. The van der Waals surface area contributed by atoms with E-state index in [9.17, 15) is 24.6 Å². The quantitative estimate of drug-likeness (QED) is 0.403. The number of benzene rings is 2. The Bertz CT molecular complexity index is 1200. The molecule has 2 aromatic carbocycles. The molecule has 8 nitrogen and oxygen atoms in total. The molecule has 0 radical (unpaired) electrons. The molecule has 2 saturated heterocycles. The summed E-state index contributed by atoms with van der Waals surface area (Å²) >= 11 is 6.35. The van der Waals surface area contributed by atoms with Crippen molar-refractivity contribution in [3.05, 3.63) is 52.5 Å². The van der Waals surface area contributed by atoms with Gasteiger partial charge in [-0.05, 0) is 43.5 Å². The van der Waals surface area contributed by atoms with E-state index in [4.69, 9.17) is 11.6 Å². The summed E-state index contributed by atoms with van der Waals surface area (Å²) in [6.07, 6.45) is 0.871. The number of fused-ring (bicyclic) bond motifs is 4. The summed E-state index contributed by atoms with van der Waals surface area (Å²) in [6.45, 7) is 3.73. The number of phenolic OH excluding ortho intramolecular Hbond substituents is 2. The Kier molecular flexibility index (Phi) is 4.91. The molecular weight excluding hydrogens is 446 g/mol. The average molecular weight is 470 g/mol. The van der Waals surface area contributed by atoms with Gasteiger partial charge in [-0.2, -0.15) is 0 Å². The van der Waals surface area contributed by atoms with E-state index in [0.717, 1.165) is 0 Å². The van der Waals surface area contributed by atoms with Crippen molar-refractivity contribution in [1.29, 1.82) is 0 Å². The highest BCUT2D eigenvalue weighted by Gasteiger charge is 2.70. The van der Waals surface area contributed by atoms with Crippen LogP contribution in [0.15, 0.2) is 36.4 Å². The lowest BCUT2D eigenvalue weighted by atomic mass is 9.76. The molecule has 0 unspecified atom stereocenters. The third-order valence-corrected chi connectivity index (χ3v) is 7.58. The summed E-state index contributed by atoms with van der Waals surface area (Å²) in [5, 5.41) is 26.1. The summed E-state index contributed by atoms with van der Waals surface area (Å²) in [4.78, 5) is 42.0. The summed E-state index contributed by atoms with van der Waals surface area (Å²) in [5.41, 5.74) is 0.230. The fourth-order valence-electron chi connectivity index (χ4n) is 5.56. The minimum Gasteiger partial charge on any atom is -0.504 e. The lowest BCUT2D eigenvalue weighted by Crippen LogP contribution is -2.54. The van der Waals surface area contributed by atoms with Crippen LogP contribution in [0.2, 0.25) is 5.02 Å². The second-order valence-corrected chi connectivity index (χ2v) is 9.42. The van der Waals surface area contributed by atoms with Crippen LogP contribution in [0, 0.1) is 11.8 Å². The maximum absolute atomic E-state index is 13.7. The molecule has 0 saturated carbocycles. The van der Waals surface area contributed by atoms with Gasteiger partial charge < -0.3 is 15.5 Å². The first-order valence-electron chi connectivity index (χ1n) is 11.0. The Morgan fingerprint density at radius 3 is 2.58 bits per heavy atom. The van der Waals surface area contributed by atoms with Crippen molar-refractivity contribution in [2.45, 2.75) is 44.3 Å². The summed E-state index contributed by atoms with van der Waals surface area (Å²) < 4.78 is 0. The van der Waals surface area contributed by atoms with Crippen LogP contribution in [0.1, 0.15) is 31.4 Å². The molecule has 0 aliphatic carbocycles. The second-order valence-electron chi connectivity index (χ2n) is 9.01. The Hall–Kier alpha value is -3.10. The number of amides is 3. The molecule has 1 spiro atoms. The molecule has 3 amide bonds. The van der Waals surface area contributed by atoms with Crippen molar-refractivity contribution in [1.82, 2.24) is 10.2 Å². The molecule has 0 aromatic heterocycles. The van der Waals surface area contributed by atoms with Crippen molar-refractivity contribution < 1.29 is 24.6 Å². The van der Waals surface area contributed by atoms with E-state index in [2.05, 4.69) is 10.6 Å². The zero-order valence-electron chi connectivity index (χ0n) is 18.1. The average Bonchev–Trinajstić information content (AvgIpc) is 3.36. The van der Waals surface area contributed by atoms with Crippen LogP contribution in [0.25, 0.3) is 0 Å². The van der Waals surface area contributed by atoms with Gasteiger partial charge >= 0.3 is 0 Å². The molecule has 5 atom stereocenters. The molecule has 9 heteroatoms. The normalized spacial score (nSPS) is 28.9. The Balaban J connectivity index is 1.64. The van der Waals surface area contributed by atoms with Crippen LogP contribution in [-0.4, -0.2) is 44.9 Å². The zero-order chi connectivity index (χ0) is 23.7. The fourth-order valence-corrected chi connectivity index (χ4v) is 5.78. The first-order valence-corrected chi connectivity index (χ1v) is 11.3. The number of nitrogens with one attached hydrogen (secondary N) is 2. The van der Waals surface area contributed by atoms with E-state index < -0.39 is 29.3 Å². The highest BCUT2D eigenvalue weighted by molar-refractivity contribution is 6.35. The lowest BCUT2D eigenvalue weighted by molar-refractivity contribution is -0.145. The van der Waals surface area contributed by atoms with Gasteiger partial charge in [0.15, 0.2) is 11.5 Å². The number of hydrogen-bond donors (Lipinski definition) is 4. The SMILES string of the molecule is CC[C@@H](C)N1C(=O)[C@H]2[C@@H](C1=O)[C@]1(N[C@@H]2Cc2ccc(O)c(O)c2)C(=O)Nc2c(Cl)cccc21. The van der Waals surface area contributed by atoms with Crippen molar-refractivity contribution in [3.8, 4) is 11.5 Å². The number of carbonyl (C=O) groups is 3. The van der Waals surface area contributed by atoms with Gasteiger partial charge in [0.05, 0.1) is 22.5 Å².